The van der Waals surface area contributed by atoms with E-state index in [0.29, 0.717) is 0 Å². The maximum Gasteiger partial charge on any atom is 0.380 e. The van der Waals surface area contributed by atoms with E-state index in [1.807, 2.05) is 13.8 Å². The van der Waals surface area contributed by atoms with Crippen molar-refractivity contribution in [3.8, 4) is 11.5 Å². The Kier molecular flexibility index (Phi) is 5.49. The molecule has 108 valence electrons. The van der Waals surface area contributed by atoms with Crippen LogP contribution in [0.3, 0.4) is 0 Å². The summed E-state index contributed by atoms with van der Waals surface area (Å²) in [6.45, 7) is 0.629. The van der Waals surface area contributed by atoms with Gasteiger partial charge in [-0.2, -0.15) is 5.10 Å². The first-order valence-corrected chi connectivity index (χ1v) is 8.02. The number of rotatable bonds is 6. The molecule has 1 rings (SSSR count). The van der Waals surface area contributed by atoms with Crippen LogP contribution in [0.4, 0.5) is 0 Å². The van der Waals surface area contributed by atoms with Gasteiger partial charge in [-0.1, -0.05) is 0 Å². The van der Waals surface area contributed by atoms with Gasteiger partial charge in [-0.05, 0) is 13.8 Å². The highest BCUT2D eigenvalue weighted by atomic mass is 32.5. The Morgan fingerprint density at radius 3 is 2.53 bits per heavy atom. The highest BCUT2D eigenvalue weighted by Gasteiger charge is 2.25. The summed E-state index contributed by atoms with van der Waals surface area (Å²) in [5.74, 6) is 0.118. The lowest BCUT2D eigenvalue weighted by molar-refractivity contribution is 0.184. The van der Waals surface area contributed by atoms with Crippen LogP contribution >= 0.6 is 6.72 Å². The first-order valence-electron chi connectivity index (χ1n) is 5.47. The lowest BCUT2D eigenvalue weighted by atomic mass is 10.5. The molecule has 1 aromatic rings. The molecule has 0 saturated heterocycles. The van der Waals surface area contributed by atoms with E-state index in [9.17, 15) is 4.79 Å². The fourth-order valence-corrected chi connectivity index (χ4v) is 3.08. The van der Waals surface area contributed by atoms with E-state index in [1.165, 1.54) is 27.5 Å². The summed E-state index contributed by atoms with van der Waals surface area (Å²) in [4.78, 5) is 11.8. The molecule has 0 amide bonds. The van der Waals surface area contributed by atoms with Crippen molar-refractivity contribution in [2.45, 2.75) is 20.0 Å². The van der Waals surface area contributed by atoms with E-state index >= 15 is 0 Å². The Balaban J connectivity index is 3.14. The van der Waals surface area contributed by atoms with Crippen LogP contribution in [0.1, 0.15) is 13.8 Å². The maximum atomic E-state index is 11.8. The molecule has 1 heterocycles. The standard InChI is InChI=1S/C10H17N2O5PS/c1-7(2)16-18(19,15-5)17-8-6-11-12(3)10(13)9(8)14-4/h6-7H,1-5H3. The van der Waals surface area contributed by atoms with Crippen molar-refractivity contribution < 1.29 is 18.3 Å². The minimum atomic E-state index is -2.99. The SMILES string of the molecule is COc1c(OP(=S)(OC)OC(C)C)cnn(C)c1=O. The molecule has 0 spiro atoms. The van der Waals surface area contributed by atoms with Crippen LogP contribution in [0, 0.1) is 0 Å². The predicted octanol–water partition coefficient (Wildman–Crippen LogP) is 1.46. The molecular weight excluding hydrogens is 291 g/mol. The number of nitrogens with zero attached hydrogens (tertiary/aromatic N) is 2. The van der Waals surface area contributed by atoms with Crippen molar-refractivity contribution in [1.82, 2.24) is 9.78 Å². The second-order valence-electron chi connectivity index (χ2n) is 3.85. The van der Waals surface area contributed by atoms with E-state index in [2.05, 4.69) is 5.10 Å². The summed E-state index contributed by atoms with van der Waals surface area (Å²) >= 11 is 5.20. The van der Waals surface area contributed by atoms with E-state index in [0.717, 1.165) is 4.68 Å². The van der Waals surface area contributed by atoms with Gasteiger partial charge >= 0.3 is 12.3 Å². The van der Waals surface area contributed by atoms with Crippen molar-refractivity contribution >= 4 is 18.5 Å². The average molecular weight is 308 g/mol. The minimum Gasteiger partial charge on any atom is -0.488 e. The van der Waals surface area contributed by atoms with Crippen LogP contribution in [0.2, 0.25) is 0 Å². The number of methoxy groups -OCH3 is 1. The monoisotopic (exact) mass is 308 g/mol. The molecule has 1 atom stereocenters. The van der Waals surface area contributed by atoms with Crippen molar-refractivity contribution in [2.24, 2.45) is 7.05 Å². The second kappa shape index (κ2) is 6.47. The van der Waals surface area contributed by atoms with Crippen molar-refractivity contribution in [2.75, 3.05) is 14.2 Å². The highest BCUT2D eigenvalue weighted by molar-refractivity contribution is 8.07. The number of ether oxygens (including phenoxy) is 1. The molecule has 1 aromatic heterocycles. The molecule has 0 radical (unpaired) electrons. The molecule has 0 aromatic carbocycles. The molecule has 0 aliphatic rings. The molecule has 0 bridgehead atoms. The minimum absolute atomic E-state index is 0.0103. The van der Waals surface area contributed by atoms with Gasteiger partial charge in [0.25, 0.3) is 0 Å². The van der Waals surface area contributed by atoms with Gasteiger partial charge < -0.3 is 13.8 Å². The smallest absolute Gasteiger partial charge is 0.380 e. The van der Waals surface area contributed by atoms with Gasteiger partial charge in [0.1, 0.15) is 0 Å². The zero-order chi connectivity index (χ0) is 14.6. The maximum absolute atomic E-state index is 11.8. The van der Waals surface area contributed by atoms with Crippen LogP contribution in [-0.2, 0) is 27.9 Å². The summed E-state index contributed by atoms with van der Waals surface area (Å²) in [5, 5.41) is 3.84. The fourth-order valence-electron chi connectivity index (χ4n) is 1.24. The van der Waals surface area contributed by atoms with Gasteiger partial charge in [-0.15, -0.1) is 0 Å². The third kappa shape index (κ3) is 4.01. The third-order valence-corrected chi connectivity index (χ3v) is 4.51. The van der Waals surface area contributed by atoms with Crippen molar-refractivity contribution in [3.63, 3.8) is 0 Å². The molecule has 0 aliphatic heterocycles. The lowest BCUT2D eigenvalue weighted by Crippen LogP contribution is -2.21. The first-order chi connectivity index (χ1) is 8.83. The predicted molar refractivity (Wildman–Crippen MR) is 74.2 cm³/mol. The molecule has 0 aliphatic carbocycles. The van der Waals surface area contributed by atoms with E-state index < -0.39 is 12.3 Å². The van der Waals surface area contributed by atoms with Gasteiger partial charge in [-0.3, -0.25) is 9.32 Å². The van der Waals surface area contributed by atoms with E-state index in [-0.39, 0.29) is 17.6 Å². The normalized spacial score (nSPS) is 14.2. The van der Waals surface area contributed by atoms with Gasteiger partial charge in [-0.25, -0.2) is 4.68 Å². The van der Waals surface area contributed by atoms with Gasteiger partial charge in [0, 0.05) is 26.0 Å². The van der Waals surface area contributed by atoms with Gasteiger partial charge in [0.15, 0.2) is 5.75 Å². The molecule has 7 nitrogen and oxygen atoms in total. The Labute approximate surface area is 116 Å². The lowest BCUT2D eigenvalue weighted by Gasteiger charge is -2.22. The van der Waals surface area contributed by atoms with Crippen LogP contribution in [-0.4, -0.2) is 30.1 Å². The number of aromatic nitrogens is 2. The summed E-state index contributed by atoms with van der Waals surface area (Å²) < 4.78 is 22.2. The largest absolute Gasteiger partial charge is 0.488 e. The summed E-state index contributed by atoms with van der Waals surface area (Å²) in [7, 11) is 4.26. The summed E-state index contributed by atoms with van der Waals surface area (Å²) in [6.07, 6.45) is 1.17. The zero-order valence-electron chi connectivity index (χ0n) is 11.4. The first kappa shape index (κ1) is 16.1. The quantitative estimate of drug-likeness (QED) is 0.737. The summed E-state index contributed by atoms with van der Waals surface area (Å²) in [6, 6.07) is 0. The van der Waals surface area contributed by atoms with Gasteiger partial charge in [0.2, 0.25) is 5.75 Å². The molecule has 9 heteroatoms. The van der Waals surface area contributed by atoms with Crippen LogP contribution < -0.4 is 14.8 Å². The Morgan fingerprint density at radius 2 is 2.05 bits per heavy atom. The fraction of sp³-hybridized carbons (Fsp3) is 0.600. The Bertz CT molecular complexity index is 545. The Morgan fingerprint density at radius 1 is 1.42 bits per heavy atom. The third-order valence-electron chi connectivity index (χ3n) is 2.04. The van der Waals surface area contributed by atoms with Crippen molar-refractivity contribution in [1.29, 1.82) is 0 Å². The molecule has 0 saturated carbocycles. The molecular formula is C10H17N2O5PS. The van der Waals surface area contributed by atoms with E-state index in [4.69, 9.17) is 30.1 Å². The second-order valence-corrected chi connectivity index (χ2v) is 6.84. The van der Waals surface area contributed by atoms with Crippen molar-refractivity contribution in [3.05, 3.63) is 16.6 Å². The Hall–Kier alpha value is -0.950. The number of hydrogen-bond acceptors (Lipinski definition) is 7. The van der Waals surface area contributed by atoms with Crippen LogP contribution in [0.15, 0.2) is 11.0 Å². The van der Waals surface area contributed by atoms with Crippen LogP contribution in [0.25, 0.3) is 0 Å². The topological polar surface area (TPSA) is 71.8 Å². The van der Waals surface area contributed by atoms with Crippen LogP contribution in [0.5, 0.6) is 11.5 Å². The highest BCUT2D eigenvalue weighted by Crippen LogP contribution is 2.51. The molecule has 0 N–H and O–H groups in total. The van der Waals surface area contributed by atoms with Gasteiger partial charge in [0.05, 0.1) is 19.4 Å². The number of hydrogen-bond donors (Lipinski definition) is 0. The molecule has 1 unspecified atom stereocenters. The molecule has 19 heavy (non-hydrogen) atoms. The number of aryl methyl sites for hydroxylation is 1. The average Bonchev–Trinajstić information content (AvgIpc) is 2.33. The van der Waals surface area contributed by atoms with E-state index in [1.54, 1.807) is 0 Å². The zero-order valence-corrected chi connectivity index (χ0v) is 13.2. The molecule has 0 fully saturated rings. The summed E-state index contributed by atoms with van der Waals surface area (Å²) in [5.41, 5.74) is -0.429.